The van der Waals surface area contributed by atoms with E-state index in [4.69, 9.17) is 42.6 Å². The summed E-state index contributed by atoms with van der Waals surface area (Å²) in [5.41, 5.74) is 0.363. The van der Waals surface area contributed by atoms with Crippen molar-refractivity contribution < 1.29 is 57.0 Å². The third-order valence-corrected chi connectivity index (χ3v) is 7.30. The van der Waals surface area contributed by atoms with E-state index in [0.717, 1.165) is 6.42 Å². The minimum absolute atomic E-state index is 0.0917. The fraction of sp³-hybridized carbons (Fsp3) is 0.439. The number of esters is 1. The summed E-state index contributed by atoms with van der Waals surface area (Å²) in [7, 11) is 0. The van der Waals surface area contributed by atoms with E-state index in [2.05, 4.69) is 17.2 Å². The lowest BCUT2D eigenvalue weighted by Crippen LogP contribution is -2.35. The summed E-state index contributed by atoms with van der Waals surface area (Å²) in [6.07, 6.45) is -0.275. The molecule has 3 aromatic rings. The predicted molar refractivity (Wildman–Crippen MR) is 205 cm³/mol. The van der Waals surface area contributed by atoms with Crippen molar-refractivity contribution in [2.45, 2.75) is 45.3 Å². The lowest BCUT2D eigenvalue weighted by atomic mass is 10.2. The van der Waals surface area contributed by atoms with Crippen molar-refractivity contribution in [1.82, 2.24) is 10.6 Å². The summed E-state index contributed by atoms with van der Waals surface area (Å²) < 4.78 is 50.8. The van der Waals surface area contributed by atoms with Crippen LogP contribution in [0.25, 0.3) is 0 Å². The van der Waals surface area contributed by atoms with E-state index in [1.807, 2.05) is 66.7 Å². The number of rotatable bonds is 28. The Morgan fingerprint density at radius 1 is 0.582 bits per heavy atom. The minimum atomic E-state index is -0.674. The molecule has 0 heterocycles. The summed E-state index contributed by atoms with van der Waals surface area (Å²) >= 11 is 0. The Morgan fingerprint density at radius 3 is 1.60 bits per heavy atom. The van der Waals surface area contributed by atoms with Gasteiger partial charge in [-0.05, 0) is 69.5 Å². The molecule has 0 aliphatic carbocycles. The molecule has 0 aliphatic rings. The van der Waals surface area contributed by atoms with Gasteiger partial charge in [-0.2, -0.15) is 0 Å². The van der Waals surface area contributed by atoms with Crippen LogP contribution in [0.15, 0.2) is 97.1 Å². The Hall–Kier alpha value is -5.47. The number of hydrogen-bond donors (Lipinski definition) is 2. The lowest BCUT2D eigenvalue weighted by molar-refractivity contribution is -0.139. The molecule has 0 saturated carbocycles. The molecular formula is C41H54N2O12. The number of para-hydroxylation sites is 2. The van der Waals surface area contributed by atoms with Gasteiger partial charge in [0.15, 0.2) is 12.2 Å². The monoisotopic (exact) mass is 766 g/mol. The largest absolute Gasteiger partial charge is 0.491 e. The van der Waals surface area contributed by atoms with E-state index in [-0.39, 0.29) is 52.9 Å². The van der Waals surface area contributed by atoms with Crippen molar-refractivity contribution in [3.8, 4) is 23.0 Å². The van der Waals surface area contributed by atoms with Gasteiger partial charge in [0.05, 0.1) is 33.0 Å². The molecule has 0 aromatic heterocycles. The molecule has 2 amide bonds. The van der Waals surface area contributed by atoms with Gasteiger partial charge in [0.2, 0.25) is 0 Å². The molecule has 0 spiro atoms. The molecule has 14 heteroatoms. The Morgan fingerprint density at radius 2 is 1.09 bits per heavy atom. The third kappa shape index (κ3) is 20.5. The third-order valence-electron chi connectivity index (χ3n) is 7.30. The molecule has 0 radical (unpaired) electrons. The highest BCUT2D eigenvalue weighted by atomic mass is 16.6. The first-order chi connectivity index (χ1) is 26.8. The van der Waals surface area contributed by atoms with Gasteiger partial charge in [-0.1, -0.05) is 49.0 Å². The number of carbonyl (C=O) groups excluding carboxylic acids is 3. The minimum Gasteiger partial charge on any atom is -0.491 e. The van der Waals surface area contributed by atoms with Crippen molar-refractivity contribution in [3.63, 3.8) is 0 Å². The summed E-state index contributed by atoms with van der Waals surface area (Å²) in [6, 6.07) is 25.6. The zero-order valence-electron chi connectivity index (χ0n) is 31.7. The molecule has 14 nitrogen and oxygen atoms in total. The number of alkyl carbamates (subject to hydrolysis) is 2. The zero-order chi connectivity index (χ0) is 39.4. The Kier molecular flexibility index (Phi) is 21.7. The van der Waals surface area contributed by atoms with E-state index in [9.17, 15) is 14.4 Å². The first-order valence-corrected chi connectivity index (χ1v) is 18.4. The molecule has 2 N–H and O–H groups in total. The van der Waals surface area contributed by atoms with Gasteiger partial charge >= 0.3 is 18.2 Å². The van der Waals surface area contributed by atoms with E-state index in [1.165, 1.54) is 0 Å². The van der Waals surface area contributed by atoms with Crippen LogP contribution in [-0.4, -0.2) is 103 Å². The summed E-state index contributed by atoms with van der Waals surface area (Å²) in [4.78, 5) is 35.9. The molecule has 2 unspecified atom stereocenters. The second-order valence-corrected chi connectivity index (χ2v) is 12.1. The first kappa shape index (κ1) is 43.9. The second kappa shape index (κ2) is 27.2. The standard InChI is InChI=1S/C41H54N2O12/c1-4-42-40(45)54-37(30-52-33-15-8-5-9-16-33)28-47-23-25-49-35-19-14-20-36(27-35)50-26-24-48-29-38(31-53-34-17-10-6-11-18-34)55-41(46)43-21-12-7-13-22-51-39(44)32(2)3/h5-6,8-11,14-20,27,37-38H,2,4,7,12-13,21-26,28-31H2,1,3H3,(H,42,45)(H,43,46). The van der Waals surface area contributed by atoms with Crippen LogP contribution in [0.4, 0.5) is 9.59 Å². The van der Waals surface area contributed by atoms with Crippen LogP contribution in [0.3, 0.4) is 0 Å². The van der Waals surface area contributed by atoms with Crippen molar-refractivity contribution in [2.24, 2.45) is 0 Å². The molecule has 0 fully saturated rings. The average molecular weight is 767 g/mol. The Balaban J connectivity index is 1.34. The summed E-state index contributed by atoms with van der Waals surface area (Å²) in [6.45, 7) is 9.55. The predicted octanol–water partition coefficient (Wildman–Crippen LogP) is 6.13. The number of hydrogen-bond acceptors (Lipinski definition) is 12. The fourth-order valence-electron chi connectivity index (χ4n) is 4.58. The normalized spacial score (nSPS) is 11.7. The van der Waals surface area contributed by atoms with Crippen molar-refractivity contribution in [2.75, 3.05) is 72.6 Å². The number of ether oxygens (including phenoxy) is 9. The Labute approximate surface area is 323 Å². The smallest absolute Gasteiger partial charge is 0.407 e. The van der Waals surface area contributed by atoms with Crippen LogP contribution in [-0.2, 0) is 28.5 Å². The van der Waals surface area contributed by atoms with Crippen molar-refractivity contribution in [1.29, 1.82) is 0 Å². The van der Waals surface area contributed by atoms with Crippen molar-refractivity contribution >= 4 is 18.2 Å². The number of amides is 2. The molecule has 0 bridgehead atoms. The average Bonchev–Trinajstić information content (AvgIpc) is 3.19. The molecular weight excluding hydrogens is 712 g/mol. The van der Waals surface area contributed by atoms with E-state index < -0.39 is 30.4 Å². The topological polar surface area (TPSA) is 158 Å². The summed E-state index contributed by atoms with van der Waals surface area (Å²) in [5.74, 6) is 2.08. The van der Waals surface area contributed by atoms with Crippen LogP contribution >= 0.6 is 0 Å². The van der Waals surface area contributed by atoms with Gasteiger partial charge < -0.3 is 53.3 Å². The number of unbranched alkanes of at least 4 members (excludes halogenated alkanes) is 2. The van der Waals surface area contributed by atoms with E-state index in [1.54, 1.807) is 32.0 Å². The van der Waals surface area contributed by atoms with Gasteiger partial charge in [-0.3, -0.25) is 0 Å². The van der Waals surface area contributed by atoms with Crippen LogP contribution in [0.5, 0.6) is 23.0 Å². The maximum atomic E-state index is 12.5. The fourth-order valence-corrected chi connectivity index (χ4v) is 4.58. The van der Waals surface area contributed by atoms with Crippen LogP contribution < -0.4 is 29.6 Å². The van der Waals surface area contributed by atoms with Gasteiger partial charge in [-0.25, -0.2) is 14.4 Å². The maximum Gasteiger partial charge on any atom is 0.407 e. The van der Waals surface area contributed by atoms with Gasteiger partial charge in [-0.15, -0.1) is 0 Å². The molecule has 3 rings (SSSR count). The van der Waals surface area contributed by atoms with Crippen LogP contribution in [0, 0.1) is 0 Å². The highest BCUT2D eigenvalue weighted by molar-refractivity contribution is 5.86. The van der Waals surface area contributed by atoms with Crippen LogP contribution in [0.1, 0.15) is 33.1 Å². The lowest BCUT2D eigenvalue weighted by Gasteiger charge is -2.19. The number of nitrogens with one attached hydrogen (secondary N) is 2. The second-order valence-electron chi connectivity index (χ2n) is 12.1. The molecule has 0 aliphatic heterocycles. The van der Waals surface area contributed by atoms with E-state index >= 15 is 0 Å². The molecule has 2 atom stereocenters. The molecule has 300 valence electrons. The first-order valence-electron chi connectivity index (χ1n) is 18.4. The van der Waals surface area contributed by atoms with Crippen LogP contribution in [0.2, 0.25) is 0 Å². The van der Waals surface area contributed by atoms with Gasteiger partial charge in [0.25, 0.3) is 0 Å². The summed E-state index contributed by atoms with van der Waals surface area (Å²) in [5, 5.41) is 5.35. The van der Waals surface area contributed by atoms with E-state index in [0.29, 0.717) is 61.1 Å². The maximum absolute atomic E-state index is 12.5. The molecule has 0 saturated heterocycles. The quantitative estimate of drug-likeness (QED) is 0.0377. The SMILES string of the molecule is C=C(C)C(=O)OCCCCCNC(=O)OC(COCCOc1cccc(OCCOCC(COc2ccccc2)OC(=O)NCC)c1)COc1ccccc1. The molecule has 3 aromatic carbocycles. The highest BCUT2D eigenvalue weighted by Crippen LogP contribution is 2.19. The van der Waals surface area contributed by atoms with Crippen molar-refractivity contribution in [3.05, 3.63) is 97.1 Å². The number of carbonyl (C=O) groups is 3. The molecule has 55 heavy (non-hydrogen) atoms. The number of benzene rings is 3. The zero-order valence-corrected chi connectivity index (χ0v) is 31.7. The highest BCUT2D eigenvalue weighted by Gasteiger charge is 2.17. The van der Waals surface area contributed by atoms with Gasteiger partial charge in [0.1, 0.15) is 49.4 Å². The Bertz CT molecular complexity index is 1530. The van der Waals surface area contributed by atoms with Gasteiger partial charge in [0, 0.05) is 24.7 Å².